The first kappa shape index (κ1) is 9.71. The summed E-state index contributed by atoms with van der Waals surface area (Å²) >= 11 is 0. The van der Waals surface area contributed by atoms with E-state index in [1.165, 1.54) is 12.1 Å². The summed E-state index contributed by atoms with van der Waals surface area (Å²) in [5, 5.41) is 18.7. The van der Waals surface area contributed by atoms with Gasteiger partial charge in [0.25, 0.3) is 0 Å². The zero-order valence-electron chi connectivity index (χ0n) is 8.15. The van der Waals surface area contributed by atoms with Gasteiger partial charge in [-0.15, -0.1) is 0 Å². The van der Waals surface area contributed by atoms with Crippen molar-refractivity contribution < 1.29 is 19.8 Å². The second kappa shape index (κ2) is 3.08. The second-order valence-corrected chi connectivity index (χ2v) is 3.75. The number of ketones is 2. The van der Waals surface area contributed by atoms with Crippen LogP contribution in [0.4, 0.5) is 0 Å². The maximum absolute atomic E-state index is 11.7. The van der Waals surface area contributed by atoms with Gasteiger partial charge in [-0.2, -0.15) is 0 Å². The van der Waals surface area contributed by atoms with Gasteiger partial charge in [0.2, 0.25) is 0 Å². The van der Waals surface area contributed by atoms with E-state index in [1.807, 2.05) is 0 Å². The van der Waals surface area contributed by atoms with Gasteiger partial charge in [0.15, 0.2) is 23.1 Å². The highest BCUT2D eigenvalue weighted by Gasteiger charge is 2.32. The summed E-state index contributed by atoms with van der Waals surface area (Å²) < 4.78 is 0. The number of fused-ring (bicyclic) bond motifs is 1. The van der Waals surface area contributed by atoms with E-state index in [1.54, 1.807) is 6.92 Å². The van der Waals surface area contributed by atoms with Gasteiger partial charge in [0, 0.05) is 17.9 Å². The summed E-state index contributed by atoms with van der Waals surface area (Å²) in [6.45, 7) is 1.67. The zero-order chi connectivity index (χ0) is 11.2. The minimum Gasteiger partial charge on any atom is -0.504 e. The number of benzene rings is 1. The van der Waals surface area contributed by atoms with Gasteiger partial charge >= 0.3 is 0 Å². The molecule has 1 unspecified atom stereocenters. The van der Waals surface area contributed by atoms with E-state index in [0.717, 1.165) is 0 Å². The average Bonchev–Trinajstić information content (AvgIpc) is 2.18. The topological polar surface area (TPSA) is 74.6 Å². The first-order valence-corrected chi connectivity index (χ1v) is 4.64. The van der Waals surface area contributed by atoms with Gasteiger partial charge in [-0.25, -0.2) is 0 Å². The fourth-order valence-electron chi connectivity index (χ4n) is 1.81. The molecular formula is C11H10O4. The molecule has 0 saturated carbocycles. The first-order valence-electron chi connectivity index (χ1n) is 4.64. The number of carbonyl (C=O) groups is 2. The summed E-state index contributed by atoms with van der Waals surface area (Å²) in [6.07, 6.45) is 0.0862. The van der Waals surface area contributed by atoms with Gasteiger partial charge in [-0.1, -0.05) is 6.92 Å². The standard InChI is InChI=1S/C11H10O4/c1-5-4-8(13)9-6(10(5)14)2-3-7(12)11(9)15/h2-3,5,12,15H,4H2,1H3. The molecule has 0 radical (unpaired) electrons. The molecule has 0 aliphatic heterocycles. The van der Waals surface area contributed by atoms with Crippen LogP contribution in [0.3, 0.4) is 0 Å². The van der Waals surface area contributed by atoms with Crippen LogP contribution in [-0.2, 0) is 0 Å². The minimum absolute atomic E-state index is 0.0434. The molecule has 0 amide bonds. The van der Waals surface area contributed by atoms with Crippen molar-refractivity contribution >= 4 is 11.6 Å². The summed E-state index contributed by atoms with van der Waals surface area (Å²) in [5.41, 5.74) is 0.159. The van der Waals surface area contributed by atoms with Crippen LogP contribution in [0.15, 0.2) is 12.1 Å². The number of rotatable bonds is 0. The SMILES string of the molecule is CC1CC(=O)c2c(ccc(O)c2O)C1=O. The Labute approximate surface area is 86.2 Å². The molecule has 1 aliphatic rings. The summed E-state index contributed by atoms with van der Waals surface area (Å²) in [5.74, 6) is -1.68. The van der Waals surface area contributed by atoms with Gasteiger partial charge in [0.05, 0.1) is 5.56 Å². The van der Waals surface area contributed by atoms with Crippen LogP contribution in [0.25, 0.3) is 0 Å². The number of hydrogen-bond acceptors (Lipinski definition) is 4. The molecule has 0 bridgehead atoms. The van der Waals surface area contributed by atoms with Crippen LogP contribution >= 0.6 is 0 Å². The molecule has 0 heterocycles. The lowest BCUT2D eigenvalue weighted by Gasteiger charge is -2.20. The molecule has 0 fully saturated rings. The molecule has 1 aliphatic carbocycles. The lowest BCUT2D eigenvalue weighted by Crippen LogP contribution is -2.24. The third-order valence-electron chi connectivity index (χ3n) is 2.64. The van der Waals surface area contributed by atoms with Crippen LogP contribution in [0.5, 0.6) is 11.5 Å². The van der Waals surface area contributed by atoms with Crippen LogP contribution in [0, 0.1) is 5.92 Å². The van der Waals surface area contributed by atoms with E-state index in [2.05, 4.69) is 0 Å². The first-order chi connectivity index (χ1) is 7.02. The van der Waals surface area contributed by atoms with Crippen molar-refractivity contribution in [1.29, 1.82) is 0 Å². The van der Waals surface area contributed by atoms with E-state index in [-0.39, 0.29) is 40.8 Å². The Hall–Kier alpha value is -1.84. The van der Waals surface area contributed by atoms with Crippen molar-refractivity contribution in [2.45, 2.75) is 13.3 Å². The molecule has 2 rings (SSSR count). The highest BCUT2D eigenvalue weighted by Crippen LogP contribution is 2.36. The van der Waals surface area contributed by atoms with Crippen LogP contribution in [0.2, 0.25) is 0 Å². The van der Waals surface area contributed by atoms with Gasteiger partial charge < -0.3 is 10.2 Å². The summed E-state index contributed by atoms with van der Waals surface area (Å²) in [6, 6.07) is 2.59. The lowest BCUT2D eigenvalue weighted by atomic mass is 9.82. The molecule has 4 nitrogen and oxygen atoms in total. The largest absolute Gasteiger partial charge is 0.504 e. The predicted octanol–water partition coefficient (Wildman–Crippen LogP) is 1.50. The Kier molecular flexibility index (Phi) is 2.00. The Morgan fingerprint density at radius 2 is 1.93 bits per heavy atom. The van der Waals surface area contributed by atoms with E-state index in [9.17, 15) is 19.8 Å². The number of Topliss-reactive ketones (excluding diaryl/α,β-unsaturated/α-hetero) is 2. The molecule has 1 aromatic carbocycles. The highest BCUT2D eigenvalue weighted by atomic mass is 16.3. The number of aromatic hydroxyl groups is 2. The van der Waals surface area contributed by atoms with Crippen molar-refractivity contribution in [2.24, 2.45) is 5.92 Å². The Morgan fingerprint density at radius 1 is 1.27 bits per heavy atom. The smallest absolute Gasteiger partial charge is 0.169 e. The normalized spacial score (nSPS) is 20.2. The molecular weight excluding hydrogens is 196 g/mol. The van der Waals surface area contributed by atoms with E-state index in [0.29, 0.717) is 0 Å². The summed E-state index contributed by atoms with van der Waals surface area (Å²) in [7, 11) is 0. The third kappa shape index (κ3) is 1.29. The molecule has 1 atom stereocenters. The zero-order valence-corrected chi connectivity index (χ0v) is 8.15. The van der Waals surface area contributed by atoms with Crippen molar-refractivity contribution in [1.82, 2.24) is 0 Å². The second-order valence-electron chi connectivity index (χ2n) is 3.75. The minimum atomic E-state index is -0.488. The molecule has 0 aromatic heterocycles. The molecule has 1 aromatic rings. The monoisotopic (exact) mass is 206 g/mol. The number of hydrogen-bond donors (Lipinski definition) is 2. The average molecular weight is 206 g/mol. The van der Waals surface area contributed by atoms with Gasteiger partial charge in [-0.05, 0) is 12.1 Å². The van der Waals surface area contributed by atoms with E-state index >= 15 is 0 Å². The van der Waals surface area contributed by atoms with E-state index in [4.69, 9.17) is 0 Å². The molecule has 0 spiro atoms. The molecule has 78 valence electrons. The lowest BCUT2D eigenvalue weighted by molar-refractivity contribution is 0.0832. The quantitative estimate of drug-likeness (QED) is 0.631. The van der Waals surface area contributed by atoms with Gasteiger partial charge in [-0.3, -0.25) is 9.59 Å². The fraction of sp³-hybridized carbons (Fsp3) is 0.273. The summed E-state index contributed by atoms with van der Waals surface area (Å²) in [4.78, 5) is 23.3. The molecule has 15 heavy (non-hydrogen) atoms. The Bertz CT molecular complexity index is 462. The number of phenols is 2. The van der Waals surface area contributed by atoms with E-state index < -0.39 is 5.75 Å². The van der Waals surface area contributed by atoms with Crippen LogP contribution in [0.1, 0.15) is 34.1 Å². The highest BCUT2D eigenvalue weighted by molar-refractivity contribution is 6.16. The fourth-order valence-corrected chi connectivity index (χ4v) is 1.81. The Balaban J connectivity index is 2.71. The Morgan fingerprint density at radius 3 is 2.60 bits per heavy atom. The number of phenolic OH excluding ortho intramolecular Hbond substituents is 2. The van der Waals surface area contributed by atoms with Crippen molar-refractivity contribution in [3.8, 4) is 11.5 Å². The molecule has 2 N–H and O–H groups in total. The van der Waals surface area contributed by atoms with Crippen LogP contribution in [-0.4, -0.2) is 21.8 Å². The third-order valence-corrected chi connectivity index (χ3v) is 2.64. The number of carbonyl (C=O) groups excluding carboxylic acids is 2. The molecule has 4 heteroatoms. The van der Waals surface area contributed by atoms with Crippen molar-refractivity contribution in [3.63, 3.8) is 0 Å². The van der Waals surface area contributed by atoms with Crippen LogP contribution < -0.4 is 0 Å². The van der Waals surface area contributed by atoms with Gasteiger partial charge in [0.1, 0.15) is 0 Å². The molecule has 0 saturated heterocycles. The predicted molar refractivity (Wildman–Crippen MR) is 52.2 cm³/mol. The van der Waals surface area contributed by atoms with Crippen molar-refractivity contribution in [3.05, 3.63) is 23.3 Å². The maximum Gasteiger partial charge on any atom is 0.169 e. The van der Waals surface area contributed by atoms with Crippen molar-refractivity contribution in [2.75, 3.05) is 0 Å². The maximum atomic E-state index is 11.7.